The topological polar surface area (TPSA) is 62.7 Å². The predicted molar refractivity (Wildman–Crippen MR) is 128 cm³/mol. The Morgan fingerprint density at radius 2 is 1.77 bits per heavy atom. The van der Waals surface area contributed by atoms with Gasteiger partial charge in [-0.2, -0.15) is 0 Å². The van der Waals surface area contributed by atoms with Crippen LogP contribution in [0.25, 0.3) is 0 Å². The first-order valence-electron chi connectivity index (χ1n) is 10.2. The average Bonchev–Trinajstić information content (AvgIpc) is 3.21. The summed E-state index contributed by atoms with van der Waals surface area (Å²) in [6, 6.07) is 20.5. The Labute approximate surface area is 192 Å². The number of carbonyl (C=O) groups is 1. The summed E-state index contributed by atoms with van der Waals surface area (Å²) >= 11 is 2.80. The van der Waals surface area contributed by atoms with Crippen molar-refractivity contribution in [1.29, 1.82) is 0 Å². The van der Waals surface area contributed by atoms with Gasteiger partial charge in [0.2, 0.25) is 0 Å². The van der Waals surface area contributed by atoms with Crippen LogP contribution in [-0.2, 0) is 22.6 Å². The summed E-state index contributed by atoms with van der Waals surface area (Å²) in [5, 5.41) is 11.3. The predicted octanol–water partition coefficient (Wildman–Crippen LogP) is 5.36. The minimum Gasteiger partial charge on any atom is -0.480 e. The van der Waals surface area contributed by atoms with Crippen molar-refractivity contribution < 1.29 is 14.6 Å². The van der Waals surface area contributed by atoms with Gasteiger partial charge in [0.05, 0.1) is 18.9 Å². The first-order chi connectivity index (χ1) is 14.9. The third-order valence-corrected chi connectivity index (χ3v) is 6.94. The van der Waals surface area contributed by atoms with E-state index in [1.165, 1.54) is 28.7 Å². The van der Waals surface area contributed by atoms with E-state index in [9.17, 15) is 9.90 Å². The molecule has 0 radical (unpaired) electrons. The molecule has 0 spiro atoms. The fourth-order valence-corrected chi connectivity index (χ4v) is 5.14. The van der Waals surface area contributed by atoms with Gasteiger partial charge in [-0.1, -0.05) is 60.3 Å². The zero-order chi connectivity index (χ0) is 22.1. The summed E-state index contributed by atoms with van der Waals surface area (Å²) in [6.45, 7) is 6.25. The molecule has 0 fully saturated rings. The first kappa shape index (κ1) is 23.3. The van der Waals surface area contributed by atoms with E-state index in [-0.39, 0.29) is 0 Å². The van der Waals surface area contributed by atoms with E-state index < -0.39 is 10.7 Å². The van der Waals surface area contributed by atoms with Crippen molar-refractivity contribution in [2.24, 2.45) is 0 Å². The average molecular weight is 457 g/mol. The van der Waals surface area contributed by atoms with Crippen molar-refractivity contribution in [3.63, 3.8) is 0 Å². The van der Waals surface area contributed by atoms with E-state index in [2.05, 4.69) is 34.1 Å². The number of benzene rings is 2. The van der Waals surface area contributed by atoms with Crippen LogP contribution in [0.3, 0.4) is 0 Å². The number of hydrogen-bond acceptors (Lipinski definition) is 6. The molecule has 0 atom stereocenters. The van der Waals surface area contributed by atoms with Crippen LogP contribution in [-0.4, -0.2) is 40.5 Å². The number of nitrogens with zero attached hydrogens (tertiary/aromatic N) is 2. The molecule has 0 bridgehead atoms. The second kappa shape index (κ2) is 11.3. The zero-order valence-electron chi connectivity index (χ0n) is 17.9. The maximum Gasteiger partial charge on any atom is 0.319 e. The molecule has 0 saturated heterocycles. The minimum atomic E-state index is -0.888. The number of thiazole rings is 1. The molecule has 2 aromatic carbocycles. The zero-order valence-corrected chi connectivity index (χ0v) is 19.5. The molecule has 164 valence electrons. The van der Waals surface area contributed by atoms with Crippen LogP contribution in [0.4, 0.5) is 5.69 Å². The number of anilines is 1. The number of aromatic nitrogens is 1. The Bertz CT molecular complexity index is 946. The van der Waals surface area contributed by atoms with Crippen molar-refractivity contribution in [2.45, 2.75) is 36.0 Å². The van der Waals surface area contributed by atoms with Gasteiger partial charge in [0, 0.05) is 30.6 Å². The number of thioether (sulfide) groups is 1. The molecule has 0 aliphatic heterocycles. The SMILES string of the molecule is CC(C)(Sc1nc(CCN(CCOCc2ccccc2)c2ccccc2)cs1)C(=O)O. The Balaban J connectivity index is 1.55. The third-order valence-electron chi connectivity index (χ3n) is 4.76. The monoisotopic (exact) mass is 456 g/mol. The minimum absolute atomic E-state index is 0.607. The molecule has 1 aromatic heterocycles. The largest absolute Gasteiger partial charge is 0.480 e. The molecule has 7 heteroatoms. The second-order valence-corrected chi connectivity index (χ2v) is 10.4. The molecule has 3 aromatic rings. The number of aliphatic carboxylic acids is 1. The molecule has 0 aliphatic carbocycles. The molecule has 0 amide bonds. The second-order valence-electron chi connectivity index (χ2n) is 7.63. The molecule has 1 heterocycles. The number of ether oxygens (including phenoxy) is 1. The van der Waals surface area contributed by atoms with Crippen LogP contribution in [0, 0.1) is 0 Å². The lowest BCUT2D eigenvalue weighted by molar-refractivity contribution is -0.138. The van der Waals surface area contributed by atoms with Gasteiger partial charge in [-0.05, 0) is 31.5 Å². The van der Waals surface area contributed by atoms with Gasteiger partial charge in [0.15, 0.2) is 4.34 Å². The maximum absolute atomic E-state index is 11.4. The van der Waals surface area contributed by atoms with E-state index >= 15 is 0 Å². The Morgan fingerprint density at radius 3 is 2.45 bits per heavy atom. The lowest BCUT2D eigenvalue weighted by Crippen LogP contribution is -2.29. The van der Waals surface area contributed by atoms with Gasteiger partial charge in [-0.3, -0.25) is 4.79 Å². The van der Waals surface area contributed by atoms with Crippen molar-refractivity contribution >= 4 is 34.8 Å². The molecule has 0 saturated carbocycles. The van der Waals surface area contributed by atoms with Gasteiger partial charge < -0.3 is 14.7 Å². The lowest BCUT2D eigenvalue weighted by atomic mass is 10.2. The Hall–Kier alpha value is -2.35. The Morgan fingerprint density at radius 1 is 1.10 bits per heavy atom. The molecule has 31 heavy (non-hydrogen) atoms. The number of hydrogen-bond donors (Lipinski definition) is 1. The fraction of sp³-hybridized carbons (Fsp3) is 0.333. The van der Waals surface area contributed by atoms with E-state index in [0.29, 0.717) is 13.2 Å². The van der Waals surface area contributed by atoms with E-state index in [1.54, 1.807) is 13.8 Å². The van der Waals surface area contributed by atoms with Gasteiger partial charge in [-0.15, -0.1) is 11.3 Å². The summed E-state index contributed by atoms with van der Waals surface area (Å²) in [7, 11) is 0. The van der Waals surface area contributed by atoms with Crippen LogP contribution in [0.2, 0.25) is 0 Å². The van der Waals surface area contributed by atoms with E-state index in [4.69, 9.17) is 4.74 Å². The summed E-state index contributed by atoms with van der Waals surface area (Å²) in [4.78, 5) is 18.3. The molecule has 1 N–H and O–H groups in total. The molecule has 0 aliphatic rings. The third kappa shape index (κ3) is 7.38. The highest BCUT2D eigenvalue weighted by Crippen LogP contribution is 2.34. The van der Waals surface area contributed by atoms with Crippen LogP contribution in [0.15, 0.2) is 70.4 Å². The summed E-state index contributed by atoms with van der Waals surface area (Å²) in [5.41, 5.74) is 3.31. The lowest BCUT2D eigenvalue weighted by Gasteiger charge is -2.24. The van der Waals surface area contributed by atoms with E-state index in [0.717, 1.165) is 35.2 Å². The van der Waals surface area contributed by atoms with Crippen LogP contribution < -0.4 is 4.90 Å². The number of carboxylic acid groups (broad SMARTS) is 1. The summed E-state index contributed by atoms with van der Waals surface area (Å²) in [5.74, 6) is -0.833. The highest BCUT2D eigenvalue weighted by Gasteiger charge is 2.29. The summed E-state index contributed by atoms with van der Waals surface area (Å²) < 4.78 is 5.79. The van der Waals surface area contributed by atoms with Crippen LogP contribution >= 0.6 is 23.1 Å². The molecular weight excluding hydrogens is 428 g/mol. The van der Waals surface area contributed by atoms with Gasteiger partial charge in [0.25, 0.3) is 0 Å². The van der Waals surface area contributed by atoms with Crippen molar-refractivity contribution in [2.75, 3.05) is 24.6 Å². The van der Waals surface area contributed by atoms with Crippen molar-refractivity contribution in [3.05, 3.63) is 77.3 Å². The van der Waals surface area contributed by atoms with Crippen molar-refractivity contribution in [1.82, 2.24) is 4.98 Å². The Kier molecular flexibility index (Phi) is 8.51. The maximum atomic E-state index is 11.4. The van der Waals surface area contributed by atoms with Gasteiger partial charge in [0.1, 0.15) is 4.75 Å². The molecule has 5 nitrogen and oxygen atoms in total. The summed E-state index contributed by atoms with van der Waals surface area (Å²) in [6.07, 6.45) is 0.790. The van der Waals surface area contributed by atoms with Crippen LogP contribution in [0.5, 0.6) is 0 Å². The number of carboxylic acids is 1. The van der Waals surface area contributed by atoms with Gasteiger partial charge >= 0.3 is 5.97 Å². The normalized spacial score (nSPS) is 11.4. The number of para-hydroxylation sites is 1. The number of rotatable bonds is 12. The highest BCUT2D eigenvalue weighted by molar-refractivity contribution is 8.02. The fourth-order valence-electron chi connectivity index (χ4n) is 2.91. The first-order valence-corrected chi connectivity index (χ1v) is 11.9. The van der Waals surface area contributed by atoms with Gasteiger partial charge in [-0.25, -0.2) is 4.98 Å². The quantitative estimate of drug-likeness (QED) is 0.292. The molecule has 3 rings (SSSR count). The molecule has 0 unspecified atom stereocenters. The van der Waals surface area contributed by atoms with Crippen molar-refractivity contribution in [3.8, 4) is 0 Å². The smallest absolute Gasteiger partial charge is 0.319 e. The van der Waals surface area contributed by atoms with E-state index in [1.807, 2.05) is 41.8 Å². The molecular formula is C24H28N2O3S2. The highest BCUT2D eigenvalue weighted by atomic mass is 32.2. The van der Waals surface area contributed by atoms with Crippen LogP contribution in [0.1, 0.15) is 25.1 Å². The standard InChI is InChI=1S/C24H28N2O3S2/c1-24(2,22(27)28)31-23-25-20(18-30-23)13-14-26(21-11-7-4-8-12-21)15-16-29-17-19-9-5-3-6-10-19/h3-12,18H,13-17H2,1-2H3,(H,27,28).